The minimum absolute atomic E-state index is 0.0602. The number of benzene rings is 3. The maximum Gasteiger partial charge on any atom is 0.343 e. The van der Waals surface area contributed by atoms with E-state index in [0.717, 1.165) is 6.07 Å². The summed E-state index contributed by atoms with van der Waals surface area (Å²) in [4.78, 5) is 46.5. The van der Waals surface area contributed by atoms with Crippen molar-refractivity contribution in [3.05, 3.63) is 104 Å². The molecule has 0 aromatic heterocycles. The second kappa shape index (κ2) is 12.9. The number of nitro benzene ring substituents is 1. The van der Waals surface area contributed by atoms with Gasteiger partial charge in [0, 0.05) is 29.6 Å². The maximum atomic E-state index is 12.2. The van der Waals surface area contributed by atoms with Crippen LogP contribution in [0.1, 0.15) is 39.1 Å². The van der Waals surface area contributed by atoms with Gasteiger partial charge in [-0.2, -0.15) is 5.10 Å². The Kier molecular flexibility index (Phi) is 9.40. The van der Waals surface area contributed by atoms with Crippen LogP contribution in [0.3, 0.4) is 0 Å². The lowest BCUT2D eigenvalue weighted by Gasteiger charge is -2.06. The standard InChI is InChI=1S/C25H21BrN4O6/c26-22-8-2-1-7-21(22)24(32)27-14-4-9-23(31)29-28-16-17-10-12-20(13-11-17)36-25(33)18-5-3-6-19(15-18)30(34)35/h1-3,5-8,10-13,15-16H,4,9,14H2,(H,27,32)(H,29,31). The molecule has 0 saturated heterocycles. The molecule has 10 nitrogen and oxygen atoms in total. The van der Waals surface area contributed by atoms with Crippen molar-refractivity contribution in [3.8, 4) is 5.75 Å². The lowest BCUT2D eigenvalue weighted by Crippen LogP contribution is -2.26. The Balaban J connectivity index is 1.39. The zero-order valence-electron chi connectivity index (χ0n) is 18.8. The number of halogens is 1. The SMILES string of the molecule is O=C(CCCNC(=O)c1ccccc1Br)NN=Cc1ccc(OC(=O)c2cccc([N+](=O)[O-])c2)cc1. The average molecular weight is 553 g/mol. The first-order valence-electron chi connectivity index (χ1n) is 10.7. The lowest BCUT2D eigenvalue weighted by atomic mass is 10.2. The van der Waals surface area contributed by atoms with Crippen molar-refractivity contribution in [1.82, 2.24) is 10.7 Å². The third-order valence-corrected chi connectivity index (χ3v) is 5.46. The van der Waals surface area contributed by atoms with E-state index in [-0.39, 0.29) is 35.2 Å². The van der Waals surface area contributed by atoms with Crippen LogP contribution in [0.5, 0.6) is 5.75 Å². The van der Waals surface area contributed by atoms with Crippen LogP contribution < -0.4 is 15.5 Å². The summed E-state index contributed by atoms with van der Waals surface area (Å²) in [5.74, 6) is -0.999. The second-order valence-electron chi connectivity index (χ2n) is 7.40. The molecule has 0 fully saturated rings. The van der Waals surface area contributed by atoms with Gasteiger partial charge in [-0.3, -0.25) is 19.7 Å². The number of hydrazone groups is 1. The van der Waals surface area contributed by atoms with Crippen molar-refractivity contribution in [1.29, 1.82) is 0 Å². The molecule has 2 amide bonds. The molecular weight excluding hydrogens is 532 g/mol. The highest BCUT2D eigenvalue weighted by molar-refractivity contribution is 9.10. The van der Waals surface area contributed by atoms with Crippen molar-refractivity contribution in [2.45, 2.75) is 12.8 Å². The van der Waals surface area contributed by atoms with Crippen LogP contribution >= 0.6 is 15.9 Å². The van der Waals surface area contributed by atoms with Crippen LogP contribution in [0.4, 0.5) is 5.69 Å². The number of nitrogens with one attached hydrogen (secondary N) is 2. The monoisotopic (exact) mass is 552 g/mol. The summed E-state index contributed by atoms with van der Waals surface area (Å²) in [5.41, 5.74) is 3.44. The van der Waals surface area contributed by atoms with Crippen LogP contribution in [0.25, 0.3) is 0 Å². The highest BCUT2D eigenvalue weighted by atomic mass is 79.9. The number of nitro groups is 1. The van der Waals surface area contributed by atoms with E-state index < -0.39 is 10.9 Å². The zero-order chi connectivity index (χ0) is 25.9. The largest absolute Gasteiger partial charge is 0.423 e. The number of hydrogen-bond donors (Lipinski definition) is 2. The van der Waals surface area contributed by atoms with Crippen LogP contribution in [0, 0.1) is 10.1 Å². The quantitative estimate of drug-likeness (QED) is 0.0962. The zero-order valence-corrected chi connectivity index (χ0v) is 20.4. The van der Waals surface area contributed by atoms with Gasteiger partial charge in [0.1, 0.15) is 5.75 Å². The molecule has 0 atom stereocenters. The van der Waals surface area contributed by atoms with Gasteiger partial charge in [-0.1, -0.05) is 18.2 Å². The van der Waals surface area contributed by atoms with Crippen LogP contribution in [-0.2, 0) is 4.79 Å². The molecule has 0 spiro atoms. The fourth-order valence-corrected chi connectivity index (χ4v) is 3.43. The molecule has 0 aliphatic heterocycles. The first-order chi connectivity index (χ1) is 17.3. The minimum atomic E-state index is -0.722. The van der Waals surface area contributed by atoms with Crippen LogP contribution in [-0.4, -0.2) is 35.5 Å². The van der Waals surface area contributed by atoms with Gasteiger partial charge in [-0.25, -0.2) is 10.2 Å². The Morgan fingerprint density at radius 3 is 2.50 bits per heavy atom. The van der Waals surface area contributed by atoms with E-state index >= 15 is 0 Å². The van der Waals surface area contributed by atoms with Crippen molar-refractivity contribution in [2.75, 3.05) is 6.54 Å². The smallest absolute Gasteiger partial charge is 0.343 e. The molecule has 0 saturated carbocycles. The predicted molar refractivity (Wildman–Crippen MR) is 136 cm³/mol. The topological polar surface area (TPSA) is 140 Å². The van der Waals surface area contributed by atoms with Crippen LogP contribution in [0.2, 0.25) is 0 Å². The number of ether oxygens (including phenoxy) is 1. The second-order valence-corrected chi connectivity index (χ2v) is 8.25. The molecule has 3 rings (SSSR count). The molecule has 0 aliphatic rings. The molecule has 0 aliphatic carbocycles. The molecular formula is C25H21BrN4O6. The summed E-state index contributed by atoms with van der Waals surface area (Å²) in [6.45, 7) is 0.341. The highest BCUT2D eigenvalue weighted by Crippen LogP contribution is 2.17. The third kappa shape index (κ3) is 7.84. The summed E-state index contributed by atoms with van der Waals surface area (Å²) >= 11 is 3.32. The molecule has 3 aromatic rings. The van der Waals surface area contributed by atoms with Crippen molar-refractivity contribution in [2.24, 2.45) is 5.10 Å². The van der Waals surface area contributed by atoms with E-state index in [1.165, 1.54) is 36.5 Å². The molecule has 0 unspecified atom stereocenters. The molecule has 2 N–H and O–H groups in total. The summed E-state index contributed by atoms with van der Waals surface area (Å²) in [6, 6.07) is 18.6. The summed E-state index contributed by atoms with van der Waals surface area (Å²) in [5, 5.41) is 17.5. The van der Waals surface area contributed by atoms with Gasteiger partial charge in [0.2, 0.25) is 5.91 Å². The molecule has 0 bridgehead atoms. The number of rotatable bonds is 10. The number of carbonyl (C=O) groups is 3. The summed E-state index contributed by atoms with van der Waals surface area (Å²) in [7, 11) is 0. The Morgan fingerprint density at radius 1 is 1.03 bits per heavy atom. The molecule has 184 valence electrons. The molecule has 0 heterocycles. The van der Waals surface area contributed by atoms with Gasteiger partial charge < -0.3 is 10.1 Å². The summed E-state index contributed by atoms with van der Waals surface area (Å²) in [6.07, 6.45) is 2.06. The maximum absolute atomic E-state index is 12.2. The highest BCUT2D eigenvalue weighted by Gasteiger charge is 2.13. The minimum Gasteiger partial charge on any atom is -0.423 e. The fraction of sp³-hybridized carbons (Fsp3) is 0.120. The number of non-ortho nitro benzene ring substituents is 1. The fourth-order valence-electron chi connectivity index (χ4n) is 2.96. The Bertz CT molecular complexity index is 1290. The van der Waals surface area contributed by atoms with Gasteiger partial charge >= 0.3 is 5.97 Å². The average Bonchev–Trinajstić information content (AvgIpc) is 2.88. The first kappa shape index (κ1) is 26.2. The van der Waals surface area contributed by atoms with E-state index in [9.17, 15) is 24.5 Å². The molecule has 0 radical (unpaired) electrons. The third-order valence-electron chi connectivity index (χ3n) is 4.77. The number of amides is 2. The van der Waals surface area contributed by atoms with E-state index in [2.05, 4.69) is 31.8 Å². The van der Waals surface area contributed by atoms with Crippen molar-refractivity contribution in [3.63, 3.8) is 0 Å². The molecule has 11 heteroatoms. The van der Waals surface area contributed by atoms with Gasteiger partial charge in [0.15, 0.2) is 0 Å². The van der Waals surface area contributed by atoms with Crippen molar-refractivity contribution < 1.29 is 24.0 Å². The Morgan fingerprint density at radius 2 is 1.78 bits per heavy atom. The number of hydrogen-bond acceptors (Lipinski definition) is 7. The van der Waals surface area contributed by atoms with E-state index in [4.69, 9.17) is 4.74 Å². The number of esters is 1. The van der Waals surface area contributed by atoms with Crippen LogP contribution in [0.15, 0.2) is 82.4 Å². The van der Waals surface area contributed by atoms with Gasteiger partial charge in [0.05, 0.1) is 22.3 Å². The Hall–Kier alpha value is -4.38. The van der Waals surface area contributed by atoms with E-state index in [1.54, 1.807) is 30.3 Å². The van der Waals surface area contributed by atoms with Crippen molar-refractivity contribution >= 4 is 45.6 Å². The Labute approximate surface area is 214 Å². The molecule has 36 heavy (non-hydrogen) atoms. The summed E-state index contributed by atoms with van der Waals surface area (Å²) < 4.78 is 5.93. The van der Waals surface area contributed by atoms with Gasteiger partial charge in [-0.05, 0) is 70.4 Å². The first-order valence-corrected chi connectivity index (χ1v) is 11.5. The number of nitrogens with zero attached hydrogens (tertiary/aromatic N) is 2. The normalized spacial score (nSPS) is 10.6. The van der Waals surface area contributed by atoms with Gasteiger partial charge in [-0.15, -0.1) is 0 Å². The van der Waals surface area contributed by atoms with Gasteiger partial charge in [0.25, 0.3) is 11.6 Å². The predicted octanol–water partition coefficient (Wildman–Crippen LogP) is 4.24. The number of carbonyl (C=O) groups excluding carboxylic acids is 3. The molecule has 3 aromatic carbocycles. The van der Waals surface area contributed by atoms with E-state index in [1.807, 2.05) is 6.07 Å². The lowest BCUT2D eigenvalue weighted by molar-refractivity contribution is -0.384. The van der Waals surface area contributed by atoms with E-state index in [0.29, 0.717) is 28.6 Å².